The fourth-order valence-corrected chi connectivity index (χ4v) is 7.68. The SMILES string of the molecule is O=C(c1ccc(S(=O)(=O)N2CCOCC2)cc1)N1CCC(c2ccccc2Cl)S(=O)(=O)CC1. The van der Waals surface area contributed by atoms with Gasteiger partial charge in [0.25, 0.3) is 5.91 Å². The molecule has 4 rings (SSSR count). The number of hydrogen-bond acceptors (Lipinski definition) is 6. The average molecular weight is 513 g/mol. The lowest BCUT2D eigenvalue weighted by Crippen LogP contribution is -2.40. The Balaban J connectivity index is 1.50. The Hall–Kier alpha value is -1.98. The molecule has 2 aliphatic heterocycles. The Labute approximate surface area is 199 Å². The van der Waals surface area contributed by atoms with Crippen molar-refractivity contribution >= 4 is 37.4 Å². The first kappa shape index (κ1) is 24.2. The van der Waals surface area contributed by atoms with Gasteiger partial charge in [-0.25, -0.2) is 16.8 Å². The van der Waals surface area contributed by atoms with E-state index in [0.29, 0.717) is 29.4 Å². The summed E-state index contributed by atoms with van der Waals surface area (Å²) in [6.45, 7) is 1.60. The molecule has 1 atom stereocenters. The van der Waals surface area contributed by atoms with Crippen molar-refractivity contribution in [2.24, 2.45) is 0 Å². The highest BCUT2D eigenvalue weighted by atomic mass is 35.5. The molecular weight excluding hydrogens is 488 g/mol. The number of nitrogens with zero attached hydrogens (tertiary/aromatic N) is 2. The van der Waals surface area contributed by atoms with Crippen molar-refractivity contribution in [3.05, 3.63) is 64.7 Å². The van der Waals surface area contributed by atoms with Gasteiger partial charge < -0.3 is 9.64 Å². The standard InChI is InChI=1S/C22H25ClN2O6S2/c23-20-4-2-1-3-19(20)21-9-10-24(13-16-32(21,27)28)22(26)17-5-7-18(8-6-17)33(29,30)25-11-14-31-15-12-25/h1-8,21H,9-16H2. The minimum atomic E-state index is -3.66. The number of amides is 1. The van der Waals surface area contributed by atoms with Crippen molar-refractivity contribution in [3.8, 4) is 0 Å². The topological polar surface area (TPSA) is 101 Å². The molecule has 33 heavy (non-hydrogen) atoms. The first-order valence-corrected chi connectivity index (χ1v) is 14.2. The fourth-order valence-electron chi connectivity index (χ4n) is 4.12. The van der Waals surface area contributed by atoms with Crippen LogP contribution in [0, 0.1) is 0 Å². The summed E-state index contributed by atoms with van der Waals surface area (Å²) < 4.78 is 57.9. The first-order chi connectivity index (χ1) is 15.7. The smallest absolute Gasteiger partial charge is 0.253 e. The van der Waals surface area contributed by atoms with E-state index in [9.17, 15) is 21.6 Å². The third kappa shape index (κ3) is 5.09. The summed E-state index contributed by atoms with van der Waals surface area (Å²) >= 11 is 6.24. The van der Waals surface area contributed by atoms with Gasteiger partial charge in [0.2, 0.25) is 10.0 Å². The summed E-state index contributed by atoms with van der Waals surface area (Å²) in [4.78, 5) is 14.7. The van der Waals surface area contributed by atoms with Crippen LogP contribution in [-0.2, 0) is 24.6 Å². The zero-order valence-electron chi connectivity index (χ0n) is 17.9. The molecule has 2 aromatic carbocycles. The van der Waals surface area contributed by atoms with E-state index < -0.39 is 25.1 Å². The van der Waals surface area contributed by atoms with Crippen LogP contribution in [0.4, 0.5) is 0 Å². The predicted molar refractivity (Wildman–Crippen MR) is 125 cm³/mol. The lowest BCUT2D eigenvalue weighted by molar-refractivity contribution is 0.0730. The van der Waals surface area contributed by atoms with E-state index in [1.807, 2.05) is 0 Å². The number of rotatable bonds is 4. The van der Waals surface area contributed by atoms with Crippen LogP contribution in [0.25, 0.3) is 0 Å². The zero-order valence-corrected chi connectivity index (χ0v) is 20.3. The van der Waals surface area contributed by atoms with Gasteiger partial charge in [-0.2, -0.15) is 4.31 Å². The van der Waals surface area contributed by atoms with E-state index in [1.54, 1.807) is 24.3 Å². The van der Waals surface area contributed by atoms with Crippen LogP contribution < -0.4 is 0 Å². The number of carbonyl (C=O) groups excluding carboxylic acids is 1. The Morgan fingerprint density at radius 1 is 0.970 bits per heavy atom. The Morgan fingerprint density at radius 3 is 2.30 bits per heavy atom. The molecule has 0 aliphatic carbocycles. The predicted octanol–water partition coefficient (Wildman–Crippen LogP) is 2.36. The molecule has 2 saturated heterocycles. The second-order valence-electron chi connectivity index (χ2n) is 8.00. The molecule has 0 aromatic heterocycles. The zero-order chi connectivity index (χ0) is 23.6. The number of halogens is 1. The van der Waals surface area contributed by atoms with Crippen LogP contribution in [0.3, 0.4) is 0 Å². The molecule has 178 valence electrons. The highest BCUT2D eigenvalue weighted by molar-refractivity contribution is 7.91. The summed E-state index contributed by atoms with van der Waals surface area (Å²) in [7, 11) is -7.15. The van der Waals surface area contributed by atoms with Crippen LogP contribution in [0.2, 0.25) is 5.02 Å². The van der Waals surface area contributed by atoms with Crippen molar-refractivity contribution in [1.82, 2.24) is 9.21 Å². The molecule has 0 saturated carbocycles. The van der Waals surface area contributed by atoms with Gasteiger partial charge in [-0.05, 0) is 42.3 Å². The number of sulfone groups is 1. The van der Waals surface area contributed by atoms with Gasteiger partial charge in [0, 0.05) is 36.8 Å². The maximum atomic E-state index is 13.1. The second-order valence-corrected chi connectivity index (χ2v) is 12.6. The van der Waals surface area contributed by atoms with Gasteiger partial charge in [-0.15, -0.1) is 0 Å². The number of carbonyl (C=O) groups is 1. The highest BCUT2D eigenvalue weighted by Crippen LogP contribution is 2.34. The largest absolute Gasteiger partial charge is 0.379 e. The van der Waals surface area contributed by atoms with Crippen LogP contribution in [0.15, 0.2) is 53.4 Å². The third-order valence-corrected chi connectivity index (χ3v) is 10.4. The van der Waals surface area contributed by atoms with Crippen LogP contribution in [0.5, 0.6) is 0 Å². The van der Waals surface area contributed by atoms with Crippen molar-refractivity contribution in [2.75, 3.05) is 45.1 Å². The summed E-state index contributed by atoms with van der Waals surface area (Å²) in [5.74, 6) is -0.502. The summed E-state index contributed by atoms with van der Waals surface area (Å²) in [5.41, 5.74) is 0.857. The molecule has 2 aromatic rings. The molecule has 0 bridgehead atoms. The molecule has 0 spiro atoms. The van der Waals surface area contributed by atoms with E-state index >= 15 is 0 Å². The molecule has 1 amide bonds. The molecule has 8 nitrogen and oxygen atoms in total. The summed E-state index contributed by atoms with van der Waals surface area (Å²) in [6, 6.07) is 12.6. The van der Waals surface area contributed by atoms with Crippen molar-refractivity contribution in [2.45, 2.75) is 16.6 Å². The Bertz CT molecular complexity index is 1230. The maximum absolute atomic E-state index is 13.1. The van der Waals surface area contributed by atoms with E-state index in [0.717, 1.165) is 0 Å². The number of hydrogen-bond donors (Lipinski definition) is 0. The van der Waals surface area contributed by atoms with E-state index in [2.05, 4.69) is 0 Å². The van der Waals surface area contributed by atoms with E-state index in [1.165, 1.54) is 33.5 Å². The van der Waals surface area contributed by atoms with E-state index in [-0.39, 0.29) is 49.2 Å². The minimum Gasteiger partial charge on any atom is -0.379 e. The molecule has 11 heteroatoms. The molecule has 0 N–H and O–H groups in total. The lowest BCUT2D eigenvalue weighted by atomic mass is 10.1. The highest BCUT2D eigenvalue weighted by Gasteiger charge is 2.34. The van der Waals surface area contributed by atoms with Gasteiger partial charge >= 0.3 is 0 Å². The number of morpholine rings is 1. The maximum Gasteiger partial charge on any atom is 0.253 e. The van der Waals surface area contributed by atoms with Crippen LogP contribution >= 0.6 is 11.6 Å². The van der Waals surface area contributed by atoms with Crippen molar-refractivity contribution < 1.29 is 26.4 Å². The number of ether oxygens (including phenoxy) is 1. The second kappa shape index (κ2) is 9.71. The quantitative estimate of drug-likeness (QED) is 0.623. The van der Waals surface area contributed by atoms with Gasteiger partial charge in [0.15, 0.2) is 9.84 Å². The molecular formula is C22H25ClN2O6S2. The van der Waals surface area contributed by atoms with Crippen molar-refractivity contribution in [3.63, 3.8) is 0 Å². The van der Waals surface area contributed by atoms with Gasteiger partial charge in [-0.3, -0.25) is 4.79 Å². The van der Waals surface area contributed by atoms with Gasteiger partial charge in [-0.1, -0.05) is 29.8 Å². The molecule has 2 aliphatic rings. The van der Waals surface area contributed by atoms with Crippen LogP contribution in [0.1, 0.15) is 27.6 Å². The molecule has 2 heterocycles. The van der Waals surface area contributed by atoms with Gasteiger partial charge in [0.05, 0.1) is 29.1 Å². The summed E-state index contributed by atoms with van der Waals surface area (Å²) in [5, 5.41) is -0.382. The molecule has 1 unspecified atom stereocenters. The molecule has 2 fully saturated rings. The Kier molecular flexibility index (Phi) is 7.11. The Morgan fingerprint density at radius 2 is 1.64 bits per heavy atom. The lowest BCUT2D eigenvalue weighted by Gasteiger charge is -2.26. The normalized spacial score (nSPS) is 22.0. The number of benzene rings is 2. The third-order valence-electron chi connectivity index (χ3n) is 5.99. The monoisotopic (exact) mass is 512 g/mol. The van der Waals surface area contributed by atoms with Crippen molar-refractivity contribution in [1.29, 1.82) is 0 Å². The number of sulfonamides is 1. The summed E-state index contributed by atoms with van der Waals surface area (Å²) in [6.07, 6.45) is 0.237. The minimum absolute atomic E-state index is 0.0654. The van der Waals surface area contributed by atoms with Gasteiger partial charge in [0.1, 0.15) is 0 Å². The van der Waals surface area contributed by atoms with Crippen LogP contribution in [-0.4, -0.2) is 77.1 Å². The fraction of sp³-hybridized carbons (Fsp3) is 0.409. The van der Waals surface area contributed by atoms with E-state index in [4.69, 9.17) is 16.3 Å². The average Bonchev–Trinajstić information content (AvgIpc) is 2.97. The molecule has 0 radical (unpaired) electrons. The first-order valence-electron chi connectivity index (χ1n) is 10.6.